The van der Waals surface area contributed by atoms with Gasteiger partial charge >= 0.3 is 5.97 Å². The summed E-state index contributed by atoms with van der Waals surface area (Å²) in [5.41, 5.74) is 1.11. The summed E-state index contributed by atoms with van der Waals surface area (Å²) in [6, 6.07) is 7.75. The summed E-state index contributed by atoms with van der Waals surface area (Å²) >= 11 is 0. The fourth-order valence-corrected chi connectivity index (χ4v) is 1.57. The van der Waals surface area contributed by atoms with Crippen LogP contribution in [-0.4, -0.2) is 17.2 Å². The van der Waals surface area contributed by atoms with Crippen molar-refractivity contribution < 1.29 is 14.6 Å². The van der Waals surface area contributed by atoms with Gasteiger partial charge in [-0.05, 0) is 24.5 Å². The zero-order valence-corrected chi connectivity index (χ0v) is 9.93. The highest BCUT2D eigenvalue weighted by Gasteiger charge is 2.12. The summed E-state index contributed by atoms with van der Waals surface area (Å²) in [6.07, 6.45) is -0.288. The molecule has 1 rings (SSSR count). The highest BCUT2D eigenvalue weighted by molar-refractivity contribution is 5.67. The number of para-hydroxylation sites is 1. The van der Waals surface area contributed by atoms with Crippen LogP contribution < -0.4 is 4.74 Å². The van der Waals surface area contributed by atoms with Gasteiger partial charge in [-0.2, -0.15) is 0 Å². The van der Waals surface area contributed by atoms with E-state index in [0.29, 0.717) is 5.92 Å². The van der Waals surface area contributed by atoms with Crippen LogP contribution in [0.15, 0.2) is 24.3 Å². The summed E-state index contributed by atoms with van der Waals surface area (Å²) in [5, 5.41) is 8.66. The van der Waals surface area contributed by atoms with E-state index in [0.717, 1.165) is 11.3 Å². The summed E-state index contributed by atoms with van der Waals surface area (Å²) in [5.74, 6) is 0.314. The second-order valence-corrected chi connectivity index (χ2v) is 4.22. The molecule has 1 N–H and O–H groups in total. The molecule has 88 valence electrons. The quantitative estimate of drug-likeness (QED) is 0.832. The van der Waals surface area contributed by atoms with E-state index >= 15 is 0 Å². The second kappa shape index (κ2) is 5.54. The zero-order valence-electron chi connectivity index (χ0n) is 9.93. The fraction of sp³-hybridized carbons (Fsp3) is 0.462. The van der Waals surface area contributed by atoms with E-state index in [1.807, 2.05) is 24.3 Å². The average molecular weight is 222 g/mol. The molecule has 0 amide bonds. The van der Waals surface area contributed by atoms with Crippen LogP contribution >= 0.6 is 0 Å². The van der Waals surface area contributed by atoms with Gasteiger partial charge in [-0.3, -0.25) is 4.79 Å². The van der Waals surface area contributed by atoms with Crippen LogP contribution in [0.25, 0.3) is 0 Å². The number of aliphatic carboxylic acids is 1. The molecule has 1 aromatic rings. The predicted octanol–water partition coefficient (Wildman–Crippen LogP) is 3.05. The Morgan fingerprint density at radius 1 is 1.31 bits per heavy atom. The van der Waals surface area contributed by atoms with Gasteiger partial charge in [0.2, 0.25) is 0 Å². The van der Waals surface area contributed by atoms with E-state index in [1.54, 1.807) is 6.92 Å². The average Bonchev–Trinajstić information content (AvgIpc) is 2.16. The van der Waals surface area contributed by atoms with Crippen LogP contribution in [0.5, 0.6) is 5.75 Å². The lowest BCUT2D eigenvalue weighted by Crippen LogP contribution is -2.17. The number of hydrogen-bond donors (Lipinski definition) is 1. The molecule has 16 heavy (non-hydrogen) atoms. The van der Waals surface area contributed by atoms with E-state index in [4.69, 9.17) is 9.84 Å². The molecule has 0 saturated heterocycles. The molecule has 0 spiro atoms. The van der Waals surface area contributed by atoms with Crippen molar-refractivity contribution in [2.24, 2.45) is 0 Å². The number of carbonyl (C=O) groups is 1. The second-order valence-electron chi connectivity index (χ2n) is 4.22. The van der Waals surface area contributed by atoms with E-state index in [1.165, 1.54) is 0 Å². The summed E-state index contributed by atoms with van der Waals surface area (Å²) in [4.78, 5) is 10.5. The van der Waals surface area contributed by atoms with Crippen LogP contribution in [-0.2, 0) is 4.79 Å². The van der Waals surface area contributed by atoms with E-state index in [9.17, 15) is 4.79 Å². The first-order valence-electron chi connectivity index (χ1n) is 5.48. The molecule has 3 heteroatoms. The molecule has 0 bridgehead atoms. The summed E-state index contributed by atoms with van der Waals surface area (Å²) < 4.78 is 5.64. The van der Waals surface area contributed by atoms with Crippen molar-refractivity contribution >= 4 is 5.97 Å². The van der Waals surface area contributed by atoms with Crippen LogP contribution in [0, 0.1) is 0 Å². The lowest BCUT2D eigenvalue weighted by atomic mass is 10.0. The van der Waals surface area contributed by atoms with Crippen molar-refractivity contribution in [2.45, 2.75) is 39.2 Å². The van der Waals surface area contributed by atoms with Gasteiger partial charge in [0.05, 0.1) is 6.42 Å². The van der Waals surface area contributed by atoms with Crippen molar-refractivity contribution in [1.29, 1.82) is 0 Å². The molecule has 1 aromatic carbocycles. The Labute approximate surface area is 96.1 Å². The molecule has 3 nitrogen and oxygen atoms in total. The number of hydrogen-bond acceptors (Lipinski definition) is 2. The third-order valence-electron chi connectivity index (χ3n) is 2.33. The number of benzene rings is 1. The van der Waals surface area contributed by atoms with Crippen LogP contribution in [0.2, 0.25) is 0 Å². The number of ether oxygens (including phenoxy) is 1. The molecule has 0 radical (unpaired) electrons. The molecule has 0 heterocycles. The summed E-state index contributed by atoms with van der Waals surface area (Å²) in [6.45, 7) is 5.94. The molecular weight excluding hydrogens is 204 g/mol. The molecule has 0 aliphatic rings. The minimum absolute atomic E-state index is 0.0203. The van der Waals surface area contributed by atoms with E-state index in [-0.39, 0.29) is 12.5 Å². The molecular formula is C13H18O3. The lowest BCUT2D eigenvalue weighted by Gasteiger charge is -2.17. The molecule has 1 unspecified atom stereocenters. The molecule has 0 aromatic heterocycles. The zero-order chi connectivity index (χ0) is 12.1. The van der Waals surface area contributed by atoms with Gasteiger partial charge in [0.1, 0.15) is 11.9 Å². The van der Waals surface area contributed by atoms with Crippen molar-refractivity contribution in [3.8, 4) is 5.75 Å². The molecule has 0 aliphatic carbocycles. The minimum Gasteiger partial charge on any atom is -0.490 e. The van der Waals surface area contributed by atoms with Gasteiger partial charge in [0, 0.05) is 0 Å². The molecule has 0 aliphatic heterocycles. The highest BCUT2D eigenvalue weighted by atomic mass is 16.5. The number of carboxylic acid groups (broad SMARTS) is 1. The monoisotopic (exact) mass is 222 g/mol. The van der Waals surface area contributed by atoms with Crippen LogP contribution in [0.1, 0.15) is 38.7 Å². The van der Waals surface area contributed by atoms with Gasteiger partial charge in [0.15, 0.2) is 0 Å². The van der Waals surface area contributed by atoms with Crippen molar-refractivity contribution in [2.75, 3.05) is 0 Å². The minimum atomic E-state index is -0.838. The third-order valence-corrected chi connectivity index (χ3v) is 2.33. The van der Waals surface area contributed by atoms with Crippen LogP contribution in [0.4, 0.5) is 0 Å². The Balaban J connectivity index is 2.76. The van der Waals surface area contributed by atoms with Gasteiger partial charge in [0.25, 0.3) is 0 Å². The van der Waals surface area contributed by atoms with E-state index < -0.39 is 5.97 Å². The standard InChI is InChI=1S/C13H18O3/c1-9(2)11-6-4-5-7-12(11)16-10(3)8-13(14)15/h4-7,9-10H,8H2,1-3H3,(H,14,15). The SMILES string of the molecule is CC(CC(=O)O)Oc1ccccc1C(C)C. The Kier molecular flexibility index (Phi) is 4.35. The normalized spacial score (nSPS) is 12.5. The Bertz CT molecular complexity index is 358. The number of carboxylic acids is 1. The first-order chi connectivity index (χ1) is 7.50. The first kappa shape index (κ1) is 12.6. The van der Waals surface area contributed by atoms with Gasteiger partial charge in [-0.15, -0.1) is 0 Å². The first-order valence-corrected chi connectivity index (χ1v) is 5.48. The third kappa shape index (κ3) is 3.57. The van der Waals surface area contributed by atoms with Crippen molar-refractivity contribution in [3.05, 3.63) is 29.8 Å². The molecule has 0 fully saturated rings. The Morgan fingerprint density at radius 3 is 2.50 bits per heavy atom. The largest absolute Gasteiger partial charge is 0.490 e. The van der Waals surface area contributed by atoms with Crippen molar-refractivity contribution in [1.82, 2.24) is 0 Å². The highest BCUT2D eigenvalue weighted by Crippen LogP contribution is 2.26. The van der Waals surface area contributed by atoms with Gasteiger partial charge in [-0.1, -0.05) is 32.0 Å². The topological polar surface area (TPSA) is 46.5 Å². The Hall–Kier alpha value is -1.51. The van der Waals surface area contributed by atoms with Gasteiger partial charge in [-0.25, -0.2) is 0 Å². The predicted molar refractivity (Wildman–Crippen MR) is 62.9 cm³/mol. The maximum atomic E-state index is 10.5. The fourth-order valence-electron chi connectivity index (χ4n) is 1.57. The van der Waals surface area contributed by atoms with Crippen molar-refractivity contribution in [3.63, 3.8) is 0 Å². The summed E-state index contributed by atoms with van der Waals surface area (Å²) in [7, 11) is 0. The molecule has 0 saturated carbocycles. The van der Waals surface area contributed by atoms with E-state index in [2.05, 4.69) is 13.8 Å². The number of rotatable bonds is 5. The maximum absolute atomic E-state index is 10.5. The van der Waals surface area contributed by atoms with Gasteiger partial charge < -0.3 is 9.84 Å². The Morgan fingerprint density at radius 2 is 1.94 bits per heavy atom. The lowest BCUT2D eigenvalue weighted by molar-refractivity contribution is -0.138. The smallest absolute Gasteiger partial charge is 0.307 e. The molecule has 1 atom stereocenters. The maximum Gasteiger partial charge on any atom is 0.307 e. The van der Waals surface area contributed by atoms with Crippen LogP contribution in [0.3, 0.4) is 0 Å².